The molecule has 0 aliphatic carbocycles. The Hall–Kier alpha value is -1.72. The van der Waals surface area contributed by atoms with Gasteiger partial charge < -0.3 is 14.9 Å². The van der Waals surface area contributed by atoms with Crippen LogP contribution in [0, 0.1) is 0 Å². The zero-order valence-corrected chi connectivity index (χ0v) is 8.17. The van der Waals surface area contributed by atoms with E-state index < -0.39 is 0 Å². The predicted octanol–water partition coefficient (Wildman–Crippen LogP) is 1.61. The van der Waals surface area contributed by atoms with E-state index in [0.717, 1.165) is 0 Å². The van der Waals surface area contributed by atoms with Crippen LogP contribution < -0.4 is 4.74 Å². The third-order valence-electron chi connectivity index (χ3n) is 1.80. The number of aromatic hydroxyl groups is 2. The molecule has 15 heavy (non-hydrogen) atoms. The number of hydrogen-bond acceptors (Lipinski definition) is 5. The second-order valence-corrected chi connectivity index (χ2v) is 2.78. The fourth-order valence-electron chi connectivity index (χ4n) is 1.09. The zero-order chi connectivity index (χ0) is 11.3. The average molecular weight is 212 g/mol. The van der Waals surface area contributed by atoms with E-state index in [2.05, 4.69) is 4.89 Å². The van der Waals surface area contributed by atoms with Crippen LogP contribution in [0.3, 0.4) is 0 Å². The van der Waals surface area contributed by atoms with E-state index >= 15 is 0 Å². The number of ether oxygens (including phenoxy) is 1. The minimum absolute atomic E-state index is 0.0165. The molecule has 0 atom stereocenters. The molecule has 5 heteroatoms. The standard InChI is InChI=1S/C10H12O5/c1-14-10-5-7(3-2-4-15-13)8(11)6-9(10)12/h2-3,5-6,11-13H,4H2,1H3/b3-2+. The molecule has 82 valence electrons. The monoisotopic (exact) mass is 212 g/mol. The first-order valence-corrected chi connectivity index (χ1v) is 4.22. The summed E-state index contributed by atoms with van der Waals surface area (Å²) >= 11 is 0. The topological polar surface area (TPSA) is 79.2 Å². The van der Waals surface area contributed by atoms with Crippen molar-refractivity contribution in [3.05, 3.63) is 23.8 Å². The van der Waals surface area contributed by atoms with Crippen LogP contribution in [0.2, 0.25) is 0 Å². The van der Waals surface area contributed by atoms with Gasteiger partial charge in [0.05, 0.1) is 7.11 Å². The summed E-state index contributed by atoms with van der Waals surface area (Å²) < 4.78 is 4.87. The van der Waals surface area contributed by atoms with Crippen molar-refractivity contribution in [3.8, 4) is 17.2 Å². The van der Waals surface area contributed by atoms with Crippen molar-refractivity contribution < 1.29 is 25.1 Å². The van der Waals surface area contributed by atoms with Crippen LogP contribution in [0.1, 0.15) is 5.56 Å². The van der Waals surface area contributed by atoms with E-state index in [4.69, 9.17) is 9.99 Å². The molecule has 0 aliphatic heterocycles. The van der Waals surface area contributed by atoms with Gasteiger partial charge in [0.15, 0.2) is 11.5 Å². The Morgan fingerprint density at radius 3 is 2.60 bits per heavy atom. The van der Waals surface area contributed by atoms with Crippen LogP contribution in [0.25, 0.3) is 6.08 Å². The molecule has 0 radical (unpaired) electrons. The normalized spacial score (nSPS) is 10.8. The molecule has 0 unspecified atom stereocenters. The second kappa shape index (κ2) is 5.23. The Morgan fingerprint density at radius 1 is 1.27 bits per heavy atom. The van der Waals surface area contributed by atoms with Crippen LogP contribution in [0.5, 0.6) is 17.2 Å². The number of phenols is 2. The van der Waals surface area contributed by atoms with E-state index in [1.807, 2.05) is 0 Å². The van der Waals surface area contributed by atoms with Crippen LogP contribution >= 0.6 is 0 Å². The molecule has 3 N–H and O–H groups in total. The van der Waals surface area contributed by atoms with E-state index in [0.29, 0.717) is 5.56 Å². The summed E-state index contributed by atoms with van der Waals surface area (Å²) in [4.78, 5) is 3.83. The van der Waals surface area contributed by atoms with E-state index in [-0.39, 0.29) is 23.9 Å². The van der Waals surface area contributed by atoms with E-state index in [1.54, 1.807) is 0 Å². The third-order valence-corrected chi connectivity index (χ3v) is 1.80. The summed E-state index contributed by atoms with van der Waals surface area (Å²) in [6, 6.07) is 2.65. The zero-order valence-electron chi connectivity index (χ0n) is 8.17. The summed E-state index contributed by atoms with van der Waals surface area (Å²) in [5, 5.41) is 26.8. The van der Waals surface area contributed by atoms with Crippen molar-refractivity contribution in [2.75, 3.05) is 13.7 Å². The molecule has 0 spiro atoms. The van der Waals surface area contributed by atoms with Crippen molar-refractivity contribution in [1.82, 2.24) is 0 Å². The molecule has 0 fully saturated rings. The molecule has 0 saturated carbocycles. The van der Waals surface area contributed by atoms with Crippen molar-refractivity contribution in [2.45, 2.75) is 0 Å². The molecule has 0 heterocycles. The van der Waals surface area contributed by atoms with Crippen LogP contribution in [-0.4, -0.2) is 29.2 Å². The fourth-order valence-corrected chi connectivity index (χ4v) is 1.09. The van der Waals surface area contributed by atoms with Crippen LogP contribution in [0.4, 0.5) is 0 Å². The Bertz CT molecular complexity index is 359. The van der Waals surface area contributed by atoms with Gasteiger partial charge in [0.2, 0.25) is 0 Å². The van der Waals surface area contributed by atoms with E-state index in [1.165, 1.54) is 31.4 Å². The molecule has 0 bridgehead atoms. The maximum atomic E-state index is 9.44. The van der Waals surface area contributed by atoms with Crippen molar-refractivity contribution in [2.24, 2.45) is 0 Å². The van der Waals surface area contributed by atoms with Gasteiger partial charge in [-0.25, -0.2) is 4.89 Å². The van der Waals surface area contributed by atoms with Crippen LogP contribution in [-0.2, 0) is 4.89 Å². The molecule has 0 aliphatic rings. The number of methoxy groups -OCH3 is 1. The first-order chi connectivity index (χ1) is 7.19. The number of benzene rings is 1. The van der Waals surface area contributed by atoms with Crippen molar-refractivity contribution in [1.29, 1.82) is 0 Å². The molecular weight excluding hydrogens is 200 g/mol. The molecule has 0 aromatic heterocycles. The molecule has 1 rings (SSSR count). The lowest BCUT2D eigenvalue weighted by Crippen LogP contribution is -1.86. The smallest absolute Gasteiger partial charge is 0.161 e. The van der Waals surface area contributed by atoms with Gasteiger partial charge in [-0.05, 0) is 6.07 Å². The fraction of sp³-hybridized carbons (Fsp3) is 0.200. The Labute approximate surface area is 86.7 Å². The highest BCUT2D eigenvalue weighted by Crippen LogP contribution is 2.33. The minimum Gasteiger partial charge on any atom is -0.507 e. The minimum atomic E-state index is -0.134. The predicted molar refractivity (Wildman–Crippen MR) is 53.9 cm³/mol. The maximum Gasteiger partial charge on any atom is 0.161 e. The largest absolute Gasteiger partial charge is 0.507 e. The lowest BCUT2D eigenvalue weighted by Gasteiger charge is -2.06. The average Bonchev–Trinajstić information content (AvgIpc) is 2.21. The maximum absolute atomic E-state index is 9.44. The highest BCUT2D eigenvalue weighted by Gasteiger charge is 2.06. The number of phenolic OH excluding ortho intramolecular Hbond substituents is 2. The molecular formula is C10H12O5. The van der Waals surface area contributed by atoms with Gasteiger partial charge in [-0.3, -0.25) is 5.26 Å². The summed E-state index contributed by atoms with van der Waals surface area (Å²) in [6.07, 6.45) is 3.04. The SMILES string of the molecule is COc1cc(/C=C/COO)c(O)cc1O. The third kappa shape index (κ3) is 2.87. The van der Waals surface area contributed by atoms with Crippen LogP contribution in [0.15, 0.2) is 18.2 Å². The Balaban J connectivity index is 2.97. The van der Waals surface area contributed by atoms with Crippen molar-refractivity contribution in [3.63, 3.8) is 0 Å². The van der Waals surface area contributed by atoms with Gasteiger partial charge in [-0.15, -0.1) is 0 Å². The van der Waals surface area contributed by atoms with Gasteiger partial charge in [-0.2, -0.15) is 0 Å². The molecule has 0 amide bonds. The summed E-state index contributed by atoms with van der Waals surface area (Å²) in [6.45, 7) is 0.0165. The summed E-state index contributed by atoms with van der Waals surface area (Å²) in [5.41, 5.74) is 0.460. The summed E-state index contributed by atoms with van der Waals surface area (Å²) in [7, 11) is 1.41. The molecule has 1 aromatic carbocycles. The van der Waals surface area contributed by atoms with Gasteiger partial charge in [0, 0.05) is 11.6 Å². The van der Waals surface area contributed by atoms with Gasteiger partial charge in [0.1, 0.15) is 12.4 Å². The summed E-state index contributed by atoms with van der Waals surface area (Å²) in [5.74, 6) is 0.0467. The lowest BCUT2D eigenvalue weighted by molar-refractivity contribution is -0.231. The van der Waals surface area contributed by atoms with Crippen molar-refractivity contribution >= 4 is 6.08 Å². The molecule has 0 saturated heterocycles. The Kier molecular flexibility index (Phi) is 3.96. The van der Waals surface area contributed by atoms with Gasteiger partial charge in [-0.1, -0.05) is 12.2 Å². The lowest BCUT2D eigenvalue weighted by atomic mass is 10.1. The number of rotatable bonds is 4. The quantitative estimate of drug-likeness (QED) is 0.522. The van der Waals surface area contributed by atoms with Gasteiger partial charge >= 0.3 is 0 Å². The molecule has 1 aromatic rings. The molecule has 5 nitrogen and oxygen atoms in total. The second-order valence-electron chi connectivity index (χ2n) is 2.78. The number of hydrogen-bond donors (Lipinski definition) is 3. The Morgan fingerprint density at radius 2 is 2.00 bits per heavy atom. The van der Waals surface area contributed by atoms with E-state index in [9.17, 15) is 10.2 Å². The highest BCUT2D eigenvalue weighted by molar-refractivity contribution is 5.62. The first-order valence-electron chi connectivity index (χ1n) is 4.22. The highest BCUT2D eigenvalue weighted by atomic mass is 17.1. The first kappa shape index (κ1) is 11.4. The van der Waals surface area contributed by atoms with Gasteiger partial charge in [0.25, 0.3) is 0 Å².